The van der Waals surface area contributed by atoms with Gasteiger partial charge >= 0.3 is 5.82 Å². The van der Waals surface area contributed by atoms with Crippen molar-refractivity contribution in [3.63, 3.8) is 0 Å². The molecule has 0 saturated carbocycles. The van der Waals surface area contributed by atoms with E-state index in [1.807, 2.05) is 4.90 Å². The van der Waals surface area contributed by atoms with Crippen molar-refractivity contribution in [2.45, 2.75) is 32.2 Å². The molecule has 108 valence electrons. The topological polar surface area (TPSA) is 88.4 Å². The molecule has 1 aromatic heterocycles. The number of hydrogen-bond acceptors (Lipinski definition) is 5. The summed E-state index contributed by atoms with van der Waals surface area (Å²) in [7, 11) is 0. The molecule has 1 fully saturated rings. The van der Waals surface area contributed by atoms with Crippen molar-refractivity contribution in [3.05, 3.63) is 28.4 Å². The van der Waals surface area contributed by atoms with Crippen molar-refractivity contribution < 1.29 is 9.72 Å². The molecule has 7 nitrogen and oxygen atoms in total. The predicted molar refractivity (Wildman–Crippen MR) is 74.4 cm³/mol. The molecule has 0 aromatic carbocycles. The van der Waals surface area contributed by atoms with Crippen molar-refractivity contribution in [1.29, 1.82) is 0 Å². The summed E-state index contributed by atoms with van der Waals surface area (Å²) in [5.41, 5.74) is 0.605. The van der Waals surface area contributed by atoms with Crippen LogP contribution in [0.15, 0.2) is 18.3 Å². The molecule has 1 N–H and O–H groups in total. The highest BCUT2D eigenvalue weighted by Gasteiger charge is 2.22. The van der Waals surface area contributed by atoms with Gasteiger partial charge in [-0.15, -0.1) is 0 Å². The van der Waals surface area contributed by atoms with Crippen LogP contribution in [-0.4, -0.2) is 39.8 Å². The Labute approximate surface area is 117 Å². The highest BCUT2D eigenvalue weighted by atomic mass is 16.6. The lowest BCUT2D eigenvalue weighted by Crippen LogP contribution is -2.43. The summed E-state index contributed by atoms with van der Waals surface area (Å²) < 4.78 is 0. The first-order valence-corrected chi connectivity index (χ1v) is 6.73. The number of rotatable bonds is 4. The molecule has 1 saturated heterocycles. The van der Waals surface area contributed by atoms with Gasteiger partial charge in [-0.25, -0.2) is 0 Å². The fourth-order valence-electron chi connectivity index (χ4n) is 2.28. The van der Waals surface area contributed by atoms with E-state index in [4.69, 9.17) is 0 Å². The van der Waals surface area contributed by atoms with Crippen molar-refractivity contribution in [1.82, 2.24) is 9.88 Å². The van der Waals surface area contributed by atoms with Gasteiger partial charge in [0.1, 0.15) is 6.04 Å². The van der Waals surface area contributed by atoms with Gasteiger partial charge in [0.05, 0.1) is 5.69 Å². The van der Waals surface area contributed by atoms with Gasteiger partial charge in [-0.3, -0.25) is 4.79 Å². The van der Waals surface area contributed by atoms with Crippen LogP contribution in [0, 0.1) is 10.1 Å². The Morgan fingerprint density at radius 1 is 1.40 bits per heavy atom. The second-order valence-corrected chi connectivity index (χ2v) is 4.91. The zero-order valence-electron chi connectivity index (χ0n) is 11.4. The number of likely N-dealkylation sites (tertiary alicyclic amines) is 1. The maximum atomic E-state index is 12.2. The van der Waals surface area contributed by atoms with Crippen LogP contribution < -0.4 is 5.32 Å². The van der Waals surface area contributed by atoms with E-state index < -0.39 is 4.92 Å². The summed E-state index contributed by atoms with van der Waals surface area (Å²) in [4.78, 5) is 27.8. The van der Waals surface area contributed by atoms with Gasteiger partial charge in [0.25, 0.3) is 0 Å². The SMILES string of the molecule is CC(Nc1ccc([N+](=O)[O-])nc1)C(=O)N1CCCCC1. The van der Waals surface area contributed by atoms with Gasteiger partial charge in [-0.2, -0.15) is 0 Å². The summed E-state index contributed by atoms with van der Waals surface area (Å²) in [5.74, 6) is -0.145. The highest BCUT2D eigenvalue weighted by molar-refractivity contribution is 5.84. The number of aromatic nitrogens is 1. The highest BCUT2D eigenvalue weighted by Crippen LogP contribution is 2.15. The Morgan fingerprint density at radius 2 is 2.10 bits per heavy atom. The van der Waals surface area contributed by atoms with Crippen molar-refractivity contribution in [3.8, 4) is 0 Å². The molecule has 2 rings (SSSR count). The van der Waals surface area contributed by atoms with Crippen LogP contribution in [0.1, 0.15) is 26.2 Å². The normalized spacial score (nSPS) is 16.6. The minimum Gasteiger partial charge on any atom is -0.371 e. The molecule has 0 spiro atoms. The van der Waals surface area contributed by atoms with Crippen LogP contribution in [-0.2, 0) is 4.79 Å². The number of carbonyl (C=O) groups excluding carboxylic acids is 1. The molecule has 0 radical (unpaired) electrons. The third kappa shape index (κ3) is 3.43. The number of nitrogens with zero attached hydrogens (tertiary/aromatic N) is 3. The monoisotopic (exact) mass is 278 g/mol. The van der Waals surface area contributed by atoms with E-state index in [0.29, 0.717) is 5.69 Å². The van der Waals surface area contributed by atoms with Gasteiger partial charge < -0.3 is 20.3 Å². The first-order valence-electron chi connectivity index (χ1n) is 6.73. The van der Waals surface area contributed by atoms with Crippen LogP contribution in [0.5, 0.6) is 0 Å². The van der Waals surface area contributed by atoms with Crippen LogP contribution in [0.3, 0.4) is 0 Å². The number of anilines is 1. The molecule has 1 aliphatic heterocycles. The van der Waals surface area contributed by atoms with Crippen LogP contribution in [0.25, 0.3) is 0 Å². The van der Waals surface area contributed by atoms with E-state index in [2.05, 4.69) is 10.3 Å². The molecule has 1 atom stereocenters. The third-order valence-electron chi connectivity index (χ3n) is 3.36. The van der Waals surface area contributed by atoms with E-state index in [1.54, 1.807) is 13.0 Å². The van der Waals surface area contributed by atoms with E-state index >= 15 is 0 Å². The maximum Gasteiger partial charge on any atom is 0.363 e. The smallest absolute Gasteiger partial charge is 0.363 e. The van der Waals surface area contributed by atoms with E-state index in [9.17, 15) is 14.9 Å². The molecule has 1 aromatic rings. The van der Waals surface area contributed by atoms with Gasteiger partial charge in [0.15, 0.2) is 6.20 Å². The Balaban J connectivity index is 1.94. The lowest BCUT2D eigenvalue weighted by Gasteiger charge is -2.29. The first-order chi connectivity index (χ1) is 9.58. The molecule has 7 heteroatoms. The van der Waals surface area contributed by atoms with Crippen molar-refractivity contribution in [2.75, 3.05) is 18.4 Å². The van der Waals surface area contributed by atoms with Crippen molar-refractivity contribution in [2.24, 2.45) is 0 Å². The Bertz CT molecular complexity index is 483. The molecular formula is C13H18N4O3. The minimum absolute atomic E-state index is 0.0584. The van der Waals surface area contributed by atoms with Crippen LogP contribution >= 0.6 is 0 Å². The Kier molecular flexibility index (Phi) is 4.49. The standard InChI is InChI=1S/C13H18N4O3/c1-10(13(18)16-7-3-2-4-8-16)15-11-5-6-12(14-9-11)17(19)20/h5-6,9-10,15H,2-4,7-8H2,1H3. The average molecular weight is 278 g/mol. The molecule has 1 amide bonds. The van der Waals surface area contributed by atoms with Gasteiger partial charge in [0, 0.05) is 19.2 Å². The lowest BCUT2D eigenvalue weighted by atomic mass is 10.1. The number of carbonyl (C=O) groups is 1. The van der Waals surface area contributed by atoms with Crippen LogP contribution in [0.2, 0.25) is 0 Å². The molecular weight excluding hydrogens is 260 g/mol. The number of piperidine rings is 1. The molecule has 0 bridgehead atoms. The second-order valence-electron chi connectivity index (χ2n) is 4.91. The van der Waals surface area contributed by atoms with E-state index in [1.165, 1.54) is 18.7 Å². The zero-order chi connectivity index (χ0) is 14.5. The molecule has 0 aliphatic carbocycles. The Hall–Kier alpha value is -2.18. The third-order valence-corrected chi connectivity index (χ3v) is 3.36. The largest absolute Gasteiger partial charge is 0.371 e. The fraction of sp³-hybridized carbons (Fsp3) is 0.538. The Morgan fingerprint density at radius 3 is 2.65 bits per heavy atom. The average Bonchev–Trinajstić information content (AvgIpc) is 2.48. The molecule has 1 unspecified atom stereocenters. The van der Waals surface area contributed by atoms with Crippen LogP contribution in [0.4, 0.5) is 11.5 Å². The van der Waals surface area contributed by atoms with Gasteiger partial charge in [-0.1, -0.05) is 0 Å². The summed E-state index contributed by atoms with van der Waals surface area (Å²) >= 11 is 0. The maximum absolute atomic E-state index is 12.2. The number of amides is 1. The number of nitrogens with one attached hydrogen (secondary N) is 1. The fourth-order valence-corrected chi connectivity index (χ4v) is 2.28. The summed E-state index contributed by atoms with van der Waals surface area (Å²) in [6.07, 6.45) is 4.66. The quantitative estimate of drug-likeness (QED) is 0.670. The second kappa shape index (κ2) is 6.31. The van der Waals surface area contributed by atoms with Crippen molar-refractivity contribution >= 4 is 17.4 Å². The molecule has 2 heterocycles. The summed E-state index contributed by atoms with van der Waals surface area (Å²) in [6, 6.07) is 2.52. The lowest BCUT2D eigenvalue weighted by molar-refractivity contribution is -0.389. The van der Waals surface area contributed by atoms with Gasteiger partial charge in [-0.05, 0) is 42.2 Å². The number of pyridine rings is 1. The first kappa shape index (κ1) is 14.2. The summed E-state index contributed by atoms with van der Waals surface area (Å²) in [5, 5.41) is 13.5. The van der Waals surface area contributed by atoms with E-state index in [0.717, 1.165) is 25.9 Å². The number of hydrogen-bond donors (Lipinski definition) is 1. The number of nitro groups is 1. The summed E-state index contributed by atoms with van der Waals surface area (Å²) in [6.45, 7) is 3.41. The van der Waals surface area contributed by atoms with E-state index in [-0.39, 0.29) is 17.8 Å². The zero-order valence-corrected chi connectivity index (χ0v) is 11.4. The molecule has 20 heavy (non-hydrogen) atoms. The molecule has 1 aliphatic rings. The van der Waals surface area contributed by atoms with Gasteiger partial charge in [0.2, 0.25) is 5.91 Å². The minimum atomic E-state index is -0.550. The predicted octanol–water partition coefficient (Wildman–Crippen LogP) is 1.80.